The second kappa shape index (κ2) is 4.66. The van der Waals surface area contributed by atoms with E-state index in [9.17, 15) is 0 Å². The third-order valence-electron chi connectivity index (χ3n) is 4.89. The van der Waals surface area contributed by atoms with Crippen molar-refractivity contribution in [3.8, 4) is 0 Å². The van der Waals surface area contributed by atoms with Crippen molar-refractivity contribution < 1.29 is 4.74 Å². The lowest BCUT2D eigenvalue weighted by Crippen LogP contribution is -2.46. The van der Waals surface area contributed by atoms with Gasteiger partial charge in [0.15, 0.2) is 0 Å². The summed E-state index contributed by atoms with van der Waals surface area (Å²) in [4.78, 5) is 0. The van der Waals surface area contributed by atoms with Crippen molar-refractivity contribution in [2.45, 2.75) is 57.4 Å². The summed E-state index contributed by atoms with van der Waals surface area (Å²) in [5, 5.41) is 3.76. The van der Waals surface area contributed by atoms with Crippen LogP contribution < -0.4 is 5.32 Å². The molecule has 3 aliphatic rings. The zero-order valence-electron chi connectivity index (χ0n) is 10.3. The highest BCUT2D eigenvalue weighted by molar-refractivity contribution is 4.94. The van der Waals surface area contributed by atoms with Gasteiger partial charge in [-0.2, -0.15) is 0 Å². The standard InChI is InChI=1S/C14H25NO/c1-2-5-12(4-1)14(8-3-9-16-11-14)10-15-13-6-7-13/h12-13,15H,1-11H2. The van der Waals surface area contributed by atoms with Gasteiger partial charge in [0.05, 0.1) is 6.61 Å². The maximum absolute atomic E-state index is 5.81. The third kappa shape index (κ3) is 2.28. The van der Waals surface area contributed by atoms with E-state index in [2.05, 4.69) is 5.32 Å². The predicted octanol–water partition coefficient (Wildman–Crippen LogP) is 2.73. The molecular weight excluding hydrogens is 198 g/mol. The molecule has 16 heavy (non-hydrogen) atoms. The minimum atomic E-state index is 0.497. The Morgan fingerprint density at radius 1 is 1.06 bits per heavy atom. The largest absolute Gasteiger partial charge is 0.381 e. The molecule has 1 saturated heterocycles. The number of hydrogen-bond acceptors (Lipinski definition) is 2. The molecule has 0 spiro atoms. The van der Waals surface area contributed by atoms with Gasteiger partial charge in [0.2, 0.25) is 0 Å². The molecule has 1 aliphatic heterocycles. The van der Waals surface area contributed by atoms with Gasteiger partial charge in [0.1, 0.15) is 0 Å². The Morgan fingerprint density at radius 3 is 2.50 bits per heavy atom. The normalized spacial score (nSPS) is 36.8. The van der Waals surface area contributed by atoms with Gasteiger partial charge in [-0.05, 0) is 44.4 Å². The molecule has 0 aromatic heterocycles. The fraction of sp³-hybridized carbons (Fsp3) is 1.00. The molecule has 0 aromatic carbocycles. The molecule has 2 nitrogen and oxygen atoms in total. The average Bonchev–Trinajstić information content (AvgIpc) is 2.99. The number of ether oxygens (including phenoxy) is 1. The van der Waals surface area contributed by atoms with E-state index in [1.165, 1.54) is 57.9 Å². The lowest BCUT2D eigenvalue weighted by atomic mass is 9.70. The van der Waals surface area contributed by atoms with Crippen molar-refractivity contribution >= 4 is 0 Å². The lowest BCUT2D eigenvalue weighted by molar-refractivity contribution is -0.0406. The Hall–Kier alpha value is -0.0800. The Balaban J connectivity index is 1.64. The first kappa shape index (κ1) is 11.0. The molecular formula is C14H25NO. The van der Waals surface area contributed by atoms with Gasteiger partial charge in [-0.1, -0.05) is 12.8 Å². The summed E-state index contributed by atoms with van der Waals surface area (Å²) in [5.74, 6) is 0.944. The van der Waals surface area contributed by atoms with Crippen LogP contribution in [0.25, 0.3) is 0 Å². The summed E-state index contributed by atoms with van der Waals surface area (Å²) in [6, 6.07) is 0.847. The van der Waals surface area contributed by atoms with Gasteiger partial charge >= 0.3 is 0 Å². The van der Waals surface area contributed by atoms with E-state index in [0.29, 0.717) is 5.41 Å². The molecule has 2 heteroatoms. The van der Waals surface area contributed by atoms with Crippen LogP contribution in [0.2, 0.25) is 0 Å². The zero-order valence-corrected chi connectivity index (χ0v) is 10.3. The molecule has 0 aromatic rings. The number of rotatable bonds is 4. The monoisotopic (exact) mass is 223 g/mol. The zero-order chi connectivity index (χ0) is 10.8. The number of hydrogen-bond donors (Lipinski definition) is 1. The van der Waals surface area contributed by atoms with Crippen LogP contribution in [0.1, 0.15) is 51.4 Å². The smallest absolute Gasteiger partial charge is 0.0537 e. The summed E-state index contributed by atoms with van der Waals surface area (Å²) >= 11 is 0. The highest BCUT2D eigenvalue weighted by atomic mass is 16.5. The maximum Gasteiger partial charge on any atom is 0.0537 e. The Kier molecular flexibility index (Phi) is 3.21. The first-order chi connectivity index (χ1) is 7.89. The van der Waals surface area contributed by atoms with Crippen LogP contribution in [0.4, 0.5) is 0 Å². The van der Waals surface area contributed by atoms with Crippen LogP contribution in [0.3, 0.4) is 0 Å². The Morgan fingerprint density at radius 2 is 1.88 bits per heavy atom. The van der Waals surface area contributed by atoms with Crippen molar-refractivity contribution in [1.29, 1.82) is 0 Å². The van der Waals surface area contributed by atoms with Crippen LogP contribution in [0, 0.1) is 11.3 Å². The Labute approximate surface area is 99.1 Å². The van der Waals surface area contributed by atoms with E-state index in [1.54, 1.807) is 0 Å². The fourth-order valence-electron chi connectivity index (χ4n) is 3.65. The van der Waals surface area contributed by atoms with Crippen LogP contribution >= 0.6 is 0 Å². The molecule has 0 amide bonds. The first-order valence-electron chi connectivity index (χ1n) is 7.20. The number of nitrogens with one attached hydrogen (secondary N) is 1. The van der Waals surface area contributed by atoms with Crippen molar-refractivity contribution in [1.82, 2.24) is 5.32 Å². The quantitative estimate of drug-likeness (QED) is 0.791. The van der Waals surface area contributed by atoms with Gasteiger partial charge < -0.3 is 10.1 Å². The molecule has 2 aliphatic carbocycles. The van der Waals surface area contributed by atoms with Crippen molar-refractivity contribution in [2.75, 3.05) is 19.8 Å². The van der Waals surface area contributed by atoms with Crippen LogP contribution in [-0.2, 0) is 4.74 Å². The summed E-state index contributed by atoms with van der Waals surface area (Å²) in [6.45, 7) is 3.25. The van der Waals surface area contributed by atoms with Gasteiger partial charge in [-0.3, -0.25) is 0 Å². The molecule has 3 rings (SSSR count). The van der Waals surface area contributed by atoms with Crippen molar-refractivity contribution in [2.24, 2.45) is 11.3 Å². The van der Waals surface area contributed by atoms with Crippen LogP contribution in [0.15, 0.2) is 0 Å². The topological polar surface area (TPSA) is 21.3 Å². The summed E-state index contributed by atoms with van der Waals surface area (Å²) < 4.78 is 5.81. The van der Waals surface area contributed by atoms with Crippen molar-refractivity contribution in [3.63, 3.8) is 0 Å². The predicted molar refractivity (Wildman–Crippen MR) is 65.5 cm³/mol. The van der Waals surface area contributed by atoms with Crippen LogP contribution in [-0.4, -0.2) is 25.8 Å². The minimum Gasteiger partial charge on any atom is -0.381 e. The molecule has 92 valence electrons. The molecule has 1 heterocycles. The highest BCUT2D eigenvalue weighted by Crippen LogP contribution is 2.45. The van der Waals surface area contributed by atoms with E-state index in [-0.39, 0.29) is 0 Å². The lowest BCUT2D eigenvalue weighted by Gasteiger charge is -2.42. The van der Waals surface area contributed by atoms with Gasteiger partial charge in [0.25, 0.3) is 0 Å². The molecule has 2 saturated carbocycles. The highest BCUT2D eigenvalue weighted by Gasteiger charge is 2.42. The van der Waals surface area contributed by atoms with Gasteiger partial charge in [-0.15, -0.1) is 0 Å². The van der Waals surface area contributed by atoms with E-state index in [1.807, 2.05) is 0 Å². The average molecular weight is 223 g/mol. The summed E-state index contributed by atoms with van der Waals surface area (Å²) in [6.07, 6.45) is 11.3. The fourth-order valence-corrected chi connectivity index (χ4v) is 3.65. The molecule has 1 atom stereocenters. The van der Waals surface area contributed by atoms with E-state index in [4.69, 9.17) is 4.74 Å². The molecule has 3 fully saturated rings. The van der Waals surface area contributed by atoms with E-state index in [0.717, 1.165) is 25.2 Å². The summed E-state index contributed by atoms with van der Waals surface area (Å²) in [7, 11) is 0. The molecule has 0 radical (unpaired) electrons. The SMILES string of the molecule is C1CCC(C2(CNC3CC3)CCCOC2)C1. The van der Waals surface area contributed by atoms with Gasteiger partial charge in [-0.25, -0.2) is 0 Å². The second-order valence-corrected chi connectivity index (χ2v) is 6.16. The summed E-state index contributed by atoms with van der Waals surface area (Å²) in [5.41, 5.74) is 0.497. The second-order valence-electron chi connectivity index (χ2n) is 6.16. The van der Waals surface area contributed by atoms with Gasteiger partial charge in [0, 0.05) is 24.6 Å². The van der Waals surface area contributed by atoms with Crippen LogP contribution in [0.5, 0.6) is 0 Å². The Bertz CT molecular complexity index is 225. The molecule has 0 bridgehead atoms. The minimum absolute atomic E-state index is 0.497. The van der Waals surface area contributed by atoms with Crippen molar-refractivity contribution in [3.05, 3.63) is 0 Å². The third-order valence-corrected chi connectivity index (χ3v) is 4.89. The first-order valence-corrected chi connectivity index (χ1v) is 7.20. The van der Waals surface area contributed by atoms with E-state index < -0.39 is 0 Å². The molecule has 1 N–H and O–H groups in total. The van der Waals surface area contributed by atoms with E-state index >= 15 is 0 Å². The maximum atomic E-state index is 5.81. The molecule has 1 unspecified atom stereocenters.